The molecular formula is C9H5ClF5NO. The van der Waals surface area contributed by atoms with E-state index >= 15 is 0 Å². The number of hydrogen-bond donors (Lipinski definition) is 1. The molecule has 17 heavy (non-hydrogen) atoms. The van der Waals surface area contributed by atoms with Crippen LogP contribution in [0.5, 0.6) is 0 Å². The number of hydrogen-bond acceptors (Lipinski definition) is 1. The molecule has 0 unspecified atom stereocenters. The monoisotopic (exact) mass is 273 g/mol. The van der Waals surface area contributed by atoms with E-state index < -0.39 is 29.8 Å². The Morgan fingerprint density at radius 1 is 1.24 bits per heavy atom. The van der Waals surface area contributed by atoms with Crippen LogP contribution < -0.4 is 5.32 Å². The third-order valence-electron chi connectivity index (χ3n) is 1.69. The molecule has 2 nitrogen and oxygen atoms in total. The van der Waals surface area contributed by atoms with Crippen LogP contribution in [0.25, 0.3) is 0 Å². The maximum absolute atomic E-state index is 12.3. The van der Waals surface area contributed by atoms with Gasteiger partial charge in [0, 0.05) is 10.7 Å². The Bertz CT molecular complexity index is 432. The number of alkyl halides is 5. The molecule has 1 amide bonds. The van der Waals surface area contributed by atoms with E-state index in [0.29, 0.717) is 12.1 Å². The summed E-state index contributed by atoms with van der Waals surface area (Å²) in [6.45, 7) is 0. The lowest BCUT2D eigenvalue weighted by atomic mass is 10.2. The van der Waals surface area contributed by atoms with Gasteiger partial charge in [0.15, 0.2) is 0 Å². The summed E-state index contributed by atoms with van der Waals surface area (Å²) in [6, 6.07) is 2.09. The SMILES string of the molecule is O=C(Nc1cc(Cl)cc(C(F)(F)F)c1)C(F)F. The normalized spacial score (nSPS) is 11.7. The van der Waals surface area contributed by atoms with Gasteiger partial charge in [0.05, 0.1) is 5.56 Å². The Morgan fingerprint density at radius 2 is 1.82 bits per heavy atom. The Labute approximate surface area is 97.4 Å². The van der Waals surface area contributed by atoms with E-state index in [4.69, 9.17) is 11.6 Å². The van der Waals surface area contributed by atoms with E-state index in [2.05, 4.69) is 0 Å². The molecule has 1 aromatic rings. The van der Waals surface area contributed by atoms with Gasteiger partial charge in [-0.1, -0.05) is 11.6 Å². The average Bonchev–Trinajstić information content (AvgIpc) is 2.15. The number of benzene rings is 1. The Morgan fingerprint density at radius 3 is 2.29 bits per heavy atom. The quantitative estimate of drug-likeness (QED) is 0.820. The van der Waals surface area contributed by atoms with E-state index in [1.807, 2.05) is 0 Å². The standard InChI is InChI=1S/C9H5ClF5NO/c10-5-1-4(9(13,14)15)2-6(3-5)16-8(17)7(11)12/h1-3,7H,(H,16,17). The summed E-state index contributed by atoms with van der Waals surface area (Å²) < 4.78 is 60.7. The molecule has 0 atom stereocenters. The van der Waals surface area contributed by atoms with Crippen molar-refractivity contribution >= 4 is 23.2 Å². The van der Waals surface area contributed by atoms with Crippen LogP contribution in [0.1, 0.15) is 5.56 Å². The van der Waals surface area contributed by atoms with Gasteiger partial charge >= 0.3 is 12.6 Å². The molecular weight excluding hydrogens is 269 g/mol. The van der Waals surface area contributed by atoms with Gasteiger partial charge in [0.1, 0.15) is 0 Å². The second-order valence-corrected chi connectivity index (χ2v) is 3.45. The molecule has 1 rings (SSSR count). The summed E-state index contributed by atoms with van der Waals surface area (Å²) in [7, 11) is 0. The van der Waals surface area contributed by atoms with Crippen LogP contribution in [0, 0.1) is 0 Å². The first-order chi connectivity index (χ1) is 7.70. The number of rotatable bonds is 2. The molecule has 1 N–H and O–H groups in total. The zero-order valence-electron chi connectivity index (χ0n) is 7.99. The van der Waals surface area contributed by atoms with E-state index in [1.54, 1.807) is 5.32 Å². The first kappa shape index (κ1) is 13.7. The molecule has 0 aliphatic rings. The van der Waals surface area contributed by atoms with Crippen molar-refractivity contribution in [3.05, 3.63) is 28.8 Å². The summed E-state index contributed by atoms with van der Waals surface area (Å²) in [5.41, 5.74) is -1.57. The number of halogens is 6. The highest BCUT2D eigenvalue weighted by atomic mass is 35.5. The lowest BCUT2D eigenvalue weighted by Gasteiger charge is -2.10. The van der Waals surface area contributed by atoms with Crippen molar-refractivity contribution in [2.24, 2.45) is 0 Å². The Balaban J connectivity index is 3.02. The maximum atomic E-state index is 12.3. The summed E-state index contributed by atoms with van der Waals surface area (Å²) in [5.74, 6) is -1.69. The predicted octanol–water partition coefficient (Wildman–Crippen LogP) is 3.56. The average molecular weight is 274 g/mol. The smallest absolute Gasteiger partial charge is 0.321 e. The highest BCUT2D eigenvalue weighted by Gasteiger charge is 2.31. The summed E-state index contributed by atoms with van der Waals surface area (Å²) in [6.07, 6.45) is -7.99. The van der Waals surface area contributed by atoms with Crippen molar-refractivity contribution in [1.82, 2.24) is 0 Å². The van der Waals surface area contributed by atoms with Crippen molar-refractivity contribution in [3.63, 3.8) is 0 Å². The molecule has 0 saturated heterocycles. The second kappa shape index (κ2) is 4.87. The van der Waals surface area contributed by atoms with Crippen molar-refractivity contribution in [1.29, 1.82) is 0 Å². The molecule has 0 fully saturated rings. The fraction of sp³-hybridized carbons (Fsp3) is 0.222. The van der Waals surface area contributed by atoms with Gasteiger partial charge in [0.2, 0.25) is 0 Å². The lowest BCUT2D eigenvalue weighted by Crippen LogP contribution is -2.20. The zero-order valence-corrected chi connectivity index (χ0v) is 8.74. The molecule has 0 aliphatic heterocycles. The third kappa shape index (κ3) is 3.85. The highest BCUT2D eigenvalue weighted by molar-refractivity contribution is 6.31. The molecule has 8 heteroatoms. The van der Waals surface area contributed by atoms with E-state index in [0.717, 1.165) is 6.07 Å². The topological polar surface area (TPSA) is 29.1 Å². The number of amides is 1. The van der Waals surface area contributed by atoms with Gasteiger partial charge in [-0.25, -0.2) is 0 Å². The number of carbonyl (C=O) groups excluding carboxylic acids is 1. The van der Waals surface area contributed by atoms with E-state index in [1.165, 1.54) is 0 Å². The summed E-state index contributed by atoms with van der Waals surface area (Å²) in [4.78, 5) is 10.6. The number of anilines is 1. The summed E-state index contributed by atoms with van der Waals surface area (Å²) in [5, 5.41) is 1.31. The Hall–Kier alpha value is -1.37. The van der Waals surface area contributed by atoms with Crippen LogP contribution in [-0.4, -0.2) is 12.3 Å². The molecule has 0 aromatic heterocycles. The van der Waals surface area contributed by atoms with Crippen LogP contribution in [0.4, 0.5) is 27.6 Å². The fourth-order valence-electron chi connectivity index (χ4n) is 1.02. The minimum atomic E-state index is -4.67. The maximum Gasteiger partial charge on any atom is 0.416 e. The predicted molar refractivity (Wildman–Crippen MR) is 51.1 cm³/mol. The van der Waals surface area contributed by atoms with E-state index in [-0.39, 0.29) is 5.02 Å². The molecule has 1 aromatic carbocycles. The van der Waals surface area contributed by atoms with Crippen LogP contribution >= 0.6 is 11.6 Å². The van der Waals surface area contributed by atoms with Gasteiger partial charge in [-0.3, -0.25) is 4.79 Å². The first-order valence-electron chi connectivity index (χ1n) is 4.17. The van der Waals surface area contributed by atoms with Gasteiger partial charge in [-0.2, -0.15) is 22.0 Å². The van der Waals surface area contributed by atoms with Gasteiger partial charge in [-0.15, -0.1) is 0 Å². The molecule has 0 bridgehead atoms. The minimum Gasteiger partial charge on any atom is -0.321 e. The van der Waals surface area contributed by atoms with Crippen molar-refractivity contribution in [3.8, 4) is 0 Å². The molecule has 0 spiro atoms. The largest absolute Gasteiger partial charge is 0.416 e. The lowest BCUT2D eigenvalue weighted by molar-refractivity contribution is -0.137. The van der Waals surface area contributed by atoms with E-state index in [9.17, 15) is 26.7 Å². The Kier molecular flexibility index (Phi) is 3.92. The van der Waals surface area contributed by atoms with Crippen LogP contribution in [-0.2, 0) is 11.0 Å². The molecule has 0 aliphatic carbocycles. The fourth-order valence-corrected chi connectivity index (χ4v) is 1.26. The zero-order chi connectivity index (χ0) is 13.2. The van der Waals surface area contributed by atoms with Gasteiger partial charge in [-0.05, 0) is 18.2 Å². The molecule has 0 heterocycles. The van der Waals surface area contributed by atoms with Crippen molar-refractivity contribution in [2.75, 3.05) is 5.32 Å². The van der Waals surface area contributed by atoms with Crippen LogP contribution in [0.2, 0.25) is 5.02 Å². The first-order valence-corrected chi connectivity index (χ1v) is 4.55. The molecule has 94 valence electrons. The van der Waals surface area contributed by atoms with Crippen LogP contribution in [0.3, 0.4) is 0 Å². The summed E-state index contributed by atoms with van der Waals surface area (Å²) >= 11 is 5.38. The van der Waals surface area contributed by atoms with Crippen LogP contribution in [0.15, 0.2) is 18.2 Å². The number of carbonyl (C=O) groups is 1. The van der Waals surface area contributed by atoms with Crippen molar-refractivity contribution < 1.29 is 26.7 Å². The third-order valence-corrected chi connectivity index (χ3v) is 1.91. The molecule has 0 saturated carbocycles. The van der Waals surface area contributed by atoms with Crippen molar-refractivity contribution in [2.45, 2.75) is 12.6 Å². The number of nitrogens with one attached hydrogen (secondary N) is 1. The second-order valence-electron chi connectivity index (χ2n) is 3.02. The van der Waals surface area contributed by atoms with Gasteiger partial charge < -0.3 is 5.32 Å². The minimum absolute atomic E-state index is 0.315. The highest BCUT2D eigenvalue weighted by Crippen LogP contribution is 2.33. The molecule has 0 radical (unpaired) electrons. The van der Waals surface area contributed by atoms with Gasteiger partial charge in [0.25, 0.3) is 5.91 Å².